The molecule has 0 saturated carbocycles. The van der Waals surface area contributed by atoms with Crippen molar-refractivity contribution in [2.45, 2.75) is 6.92 Å². The van der Waals surface area contributed by atoms with Crippen LogP contribution in [0.25, 0.3) is 11.3 Å². The van der Waals surface area contributed by atoms with E-state index in [0.717, 1.165) is 22.8 Å². The van der Waals surface area contributed by atoms with Crippen molar-refractivity contribution < 1.29 is 0 Å². The van der Waals surface area contributed by atoms with Crippen molar-refractivity contribution in [3.05, 3.63) is 60.4 Å². The summed E-state index contributed by atoms with van der Waals surface area (Å²) in [4.78, 5) is 11.9. The summed E-state index contributed by atoms with van der Waals surface area (Å²) in [5.74, 6) is 1.48. The molecule has 0 amide bonds. The van der Waals surface area contributed by atoms with Crippen LogP contribution in [0, 0.1) is 6.92 Å². The molecule has 0 spiro atoms. The summed E-state index contributed by atoms with van der Waals surface area (Å²) >= 11 is 0. The molecule has 4 heteroatoms. The van der Waals surface area contributed by atoms with Crippen molar-refractivity contribution in [1.82, 2.24) is 15.0 Å². The molecule has 19 heavy (non-hydrogen) atoms. The zero-order chi connectivity index (χ0) is 13.1. The average molecular weight is 250 g/mol. The van der Waals surface area contributed by atoms with Gasteiger partial charge in [0, 0.05) is 5.69 Å². The maximum absolute atomic E-state index is 4.38. The molecule has 3 aromatic rings. The number of nitrogens with one attached hydrogen (secondary N) is 2. The second kappa shape index (κ2) is 4.94. The van der Waals surface area contributed by atoms with Crippen LogP contribution in [0.4, 0.5) is 11.8 Å². The summed E-state index contributed by atoms with van der Waals surface area (Å²) in [6.07, 6.45) is 1.81. The summed E-state index contributed by atoms with van der Waals surface area (Å²) in [5.41, 5.74) is 3.07. The van der Waals surface area contributed by atoms with E-state index in [0.29, 0.717) is 5.95 Å². The number of aromatic amines is 1. The molecule has 0 fully saturated rings. The molecule has 0 bridgehead atoms. The lowest BCUT2D eigenvalue weighted by molar-refractivity contribution is 1.17. The standard InChI is InChI=1S/C15H14N4/c1-11-6-5-9-14(17-11)19-15-16-10-13(18-15)12-7-3-2-4-8-12/h2-10H,1H3,(H2,16,17,18,19). The molecule has 1 aromatic carbocycles. The van der Waals surface area contributed by atoms with Crippen LogP contribution in [-0.4, -0.2) is 15.0 Å². The van der Waals surface area contributed by atoms with Crippen LogP contribution >= 0.6 is 0 Å². The summed E-state index contributed by atoms with van der Waals surface area (Å²) in [6.45, 7) is 1.96. The van der Waals surface area contributed by atoms with Crippen LogP contribution in [0.3, 0.4) is 0 Å². The Kier molecular flexibility index (Phi) is 2.98. The Morgan fingerprint density at radius 1 is 1.00 bits per heavy atom. The topological polar surface area (TPSA) is 53.6 Å². The van der Waals surface area contributed by atoms with Crippen LogP contribution in [0.1, 0.15) is 5.69 Å². The molecule has 94 valence electrons. The number of H-pyrrole nitrogens is 1. The molecule has 0 unspecified atom stereocenters. The van der Waals surface area contributed by atoms with Gasteiger partial charge in [-0.15, -0.1) is 0 Å². The second-order valence-electron chi connectivity index (χ2n) is 4.30. The van der Waals surface area contributed by atoms with Crippen LogP contribution < -0.4 is 5.32 Å². The largest absolute Gasteiger partial charge is 0.324 e. The number of aryl methyl sites for hydroxylation is 1. The molecule has 0 aliphatic carbocycles. The highest BCUT2D eigenvalue weighted by atomic mass is 15.1. The Hall–Kier alpha value is -2.62. The van der Waals surface area contributed by atoms with Gasteiger partial charge >= 0.3 is 0 Å². The Morgan fingerprint density at radius 2 is 1.84 bits per heavy atom. The number of hydrogen-bond acceptors (Lipinski definition) is 3. The molecule has 3 rings (SSSR count). The highest BCUT2D eigenvalue weighted by Crippen LogP contribution is 2.19. The second-order valence-corrected chi connectivity index (χ2v) is 4.30. The maximum Gasteiger partial charge on any atom is 0.206 e. The van der Waals surface area contributed by atoms with Gasteiger partial charge in [0.1, 0.15) is 5.82 Å². The van der Waals surface area contributed by atoms with Crippen molar-refractivity contribution in [3.8, 4) is 11.3 Å². The first kappa shape index (κ1) is 11.5. The minimum Gasteiger partial charge on any atom is -0.324 e. The van der Waals surface area contributed by atoms with Gasteiger partial charge in [0.2, 0.25) is 5.95 Å². The minimum absolute atomic E-state index is 0.692. The molecule has 2 heterocycles. The van der Waals surface area contributed by atoms with Crippen LogP contribution in [-0.2, 0) is 0 Å². The molecule has 2 N–H and O–H groups in total. The van der Waals surface area contributed by atoms with Gasteiger partial charge in [-0.1, -0.05) is 36.4 Å². The van der Waals surface area contributed by atoms with E-state index in [9.17, 15) is 0 Å². The Labute approximate surface area is 111 Å². The summed E-state index contributed by atoms with van der Waals surface area (Å²) in [6, 6.07) is 15.9. The number of aromatic nitrogens is 3. The van der Waals surface area contributed by atoms with Crippen molar-refractivity contribution in [1.29, 1.82) is 0 Å². The first-order valence-electron chi connectivity index (χ1n) is 6.12. The monoisotopic (exact) mass is 250 g/mol. The molecule has 2 aromatic heterocycles. The van der Waals surface area contributed by atoms with E-state index in [1.165, 1.54) is 0 Å². The third kappa shape index (κ3) is 2.63. The van der Waals surface area contributed by atoms with Crippen LogP contribution in [0.15, 0.2) is 54.7 Å². The number of nitrogens with zero attached hydrogens (tertiary/aromatic N) is 2. The highest BCUT2D eigenvalue weighted by molar-refractivity contribution is 5.61. The quantitative estimate of drug-likeness (QED) is 0.747. The van der Waals surface area contributed by atoms with Gasteiger partial charge in [-0.3, -0.25) is 0 Å². The Balaban J connectivity index is 1.82. The van der Waals surface area contributed by atoms with E-state index in [1.807, 2.05) is 61.7 Å². The minimum atomic E-state index is 0.692. The molecular formula is C15H14N4. The molecule has 0 aliphatic heterocycles. The number of rotatable bonds is 3. The molecular weight excluding hydrogens is 236 g/mol. The smallest absolute Gasteiger partial charge is 0.206 e. The third-order valence-corrected chi connectivity index (χ3v) is 2.80. The van der Waals surface area contributed by atoms with Crippen molar-refractivity contribution >= 4 is 11.8 Å². The number of imidazole rings is 1. The average Bonchev–Trinajstić information content (AvgIpc) is 2.88. The van der Waals surface area contributed by atoms with Gasteiger partial charge in [-0.2, -0.15) is 0 Å². The van der Waals surface area contributed by atoms with E-state index in [1.54, 1.807) is 0 Å². The summed E-state index contributed by atoms with van der Waals surface area (Å²) < 4.78 is 0. The SMILES string of the molecule is Cc1cccc(Nc2ncc(-c3ccccc3)[nH]2)n1. The molecule has 4 nitrogen and oxygen atoms in total. The predicted octanol–water partition coefficient (Wildman–Crippen LogP) is 3.52. The van der Waals surface area contributed by atoms with Gasteiger partial charge < -0.3 is 10.3 Å². The van der Waals surface area contributed by atoms with E-state index < -0.39 is 0 Å². The van der Waals surface area contributed by atoms with E-state index in [2.05, 4.69) is 20.3 Å². The first-order valence-corrected chi connectivity index (χ1v) is 6.12. The lowest BCUT2D eigenvalue weighted by Crippen LogP contribution is -1.95. The van der Waals surface area contributed by atoms with E-state index >= 15 is 0 Å². The summed E-state index contributed by atoms with van der Waals surface area (Å²) in [7, 11) is 0. The number of anilines is 2. The van der Waals surface area contributed by atoms with Crippen molar-refractivity contribution in [2.24, 2.45) is 0 Å². The van der Waals surface area contributed by atoms with Crippen LogP contribution in [0.2, 0.25) is 0 Å². The Bertz CT molecular complexity index is 673. The van der Waals surface area contributed by atoms with Gasteiger partial charge in [-0.25, -0.2) is 9.97 Å². The van der Waals surface area contributed by atoms with E-state index in [4.69, 9.17) is 0 Å². The zero-order valence-electron chi connectivity index (χ0n) is 10.6. The molecule has 0 atom stereocenters. The van der Waals surface area contributed by atoms with Gasteiger partial charge in [0.15, 0.2) is 0 Å². The molecule has 0 aliphatic rings. The molecule has 0 saturated heterocycles. The zero-order valence-corrected chi connectivity index (χ0v) is 10.6. The fourth-order valence-electron chi connectivity index (χ4n) is 1.88. The van der Waals surface area contributed by atoms with E-state index in [-0.39, 0.29) is 0 Å². The number of hydrogen-bond donors (Lipinski definition) is 2. The van der Waals surface area contributed by atoms with Crippen molar-refractivity contribution in [3.63, 3.8) is 0 Å². The van der Waals surface area contributed by atoms with Crippen molar-refractivity contribution in [2.75, 3.05) is 5.32 Å². The Morgan fingerprint density at radius 3 is 2.63 bits per heavy atom. The maximum atomic E-state index is 4.38. The number of benzene rings is 1. The van der Waals surface area contributed by atoms with Gasteiger partial charge in [-0.05, 0) is 24.6 Å². The lowest BCUT2D eigenvalue weighted by atomic mass is 10.2. The lowest BCUT2D eigenvalue weighted by Gasteiger charge is -2.02. The first-order chi connectivity index (χ1) is 9.31. The summed E-state index contributed by atoms with van der Waals surface area (Å²) in [5, 5.41) is 3.16. The normalized spacial score (nSPS) is 10.4. The fourth-order valence-corrected chi connectivity index (χ4v) is 1.88. The highest BCUT2D eigenvalue weighted by Gasteiger charge is 2.03. The van der Waals surface area contributed by atoms with Crippen LogP contribution in [0.5, 0.6) is 0 Å². The molecule has 0 radical (unpaired) electrons. The van der Waals surface area contributed by atoms with Gasteiger partial charge in [0.05, 0.1) is 11.9 Å². The third-order valence-electron chi connectivity index (χ3n) is 2.80. The predicted molar refractivity (Wildman–Crippen MR) is 76.3 cm³/mol. The van der Waals surface area contributed by atoms with Gasteiger partial charge in [0.25, 0.3) is 0 Å². The number of pyridine rings is 1. The fraction of sp³-hybridized carbons (Fsp3) is 0.0667.